The summed E-state index contributed by atoms with van der Waals surface area (Å²) in [6.07, 6.45) is 4.91. The molecule has 0 radical (unpaired) electrons. The molecule has 1 unspecified atom stereocenters. The summed E-state index contributed by atoms with van der Waals surface area (Å²) in [6, 6.07) is 7.62. The molecule has 18 nitrogen and oxygen atoms in total. The number of oxime groups is 2. The fourth-order valence-electron chi connectivity index (χ4n) is 6.38. The number of nitrogens with one attached hydrogen (secondary N) is 7. The molecule has 20 heteroatoms. The lowest BCUT2D eigenvalue weighted by Crippen LogP contribution is -2.53. The normalized spacial score (nSPS) is 13.6. The number of unbranched alkanes of at least 4 members (excludes halogenated alkanes) is 1. The first-order valence-electron chi connectivity index (χ1n) is 21.6. The highest BCUT2D eigenvalue weighted by atomic mass is 35.5. The average Bonchev–Trinajstić information content (AvgIpc) is 3.23. The Morgan fingerprint density at radius 3 is 1.83 bits per heavy atom. The molecule has 0 saturated carbocycles. The van der Waals surface area contributed by atoms with Gasteiger partial charge in [-0.1, -0.05) is 39.6 Å². The van der Waals surface area contributed by atoms with E-state index in [1.54, 1.807) is 26.1 Å². The van der Waals surface area contributed by atoms with Crippen molar-refractivity contribution in [3.05, 3.63) is 58.2 Å². The molecule has 1 heterocycles. The van der Waals surface area contributed by atoms with Crippen molar-refractivity contribution < 1.29 is 39.5 Å². The molecule has 0 aliphatic rings. The van der Waals surface area contributed by atoms with Crippen LogP contribution >= 0.6 is 23.2 Å². The molecule has 10 N–H and O–H groups in total. The second-order valence-corrected chi connectivity index (χ2v) is 17.7. The Kier molecular flexibility index (Phi) is 24.7. The van der Waals surface area contributed by atoms with Gasteiger partial charge in [-0.15, -0.1) is 0 Å². The highest BCUT2D eigenvalue weighted by Crippen LogP contribution is 2.26. The van der Waals surface area contributed by atoms with Crippen molar-refractivity contribution in [1.29, 1.82) is 0 Å². The lowest BCUT2D eigenvalue weighted by molar-refractivity contribution is -0.138. The van der Waals surface area contributed by atoms with Gasteiger partial charge >= 0.3 is 5.97 Å². The minimum atomic E-state index is -1.26. The number of halogens is 2. The Morgan fingerprint density at radius 2 is 1.28 bits per heavy atom. The predicted molar refractivity (Wildman–Crippen MR) is 249 cm³/mol. The van der Waals surface area contributed by atoms with E-state index in [-0.39, 0.29) is 54.1 Å². The summed E-state index contributed by atoms with van der Waals surface area (Å²) in [6.45, 7) is 13.2. The number of carbonyl (C=O) groups is 5. The first kappa shape index (κ1) is 55.1. The quantitative estimate of drug-likeness (QED) is 0.0197. The fourth-order valence-corrected chi connectivity index (χ4v) is 6.92. The van der Waals surface area contributed by atoms with Gasteiger partial charge < -0.3 is 52.7 Å². The zero-order valence-electron chi connectivity index (χ0n) is 37.9. The van der Waals surface area contributed by atoms with Gasteiger partial charge in [0.2, 0.25) is 23.6 Å². The third-order valence-electron chi connectivity index (χ3n) is 11.0. The third-order valence-corrected chi connectivity index (χ3v) is 11.4. The fraction of sp³-hybridized carbons (Fsp3) is 0.591. The molecule has 0 saturated heterocycles. The zero-order chi connectivity index (χ0) is 47.7. The molecule has 1 aromatic carbocycles. The van der Waals surface area contributed by atoms with Crippen molar-refractivity contribution in [2.75, 3.05) is 38.0 Å². The number of nitrogens with zero attached hydrogens (tertiary/aromatic N) is 3. The number of rotatable bonds is 31. The Bertz CT molecular complexity index is 1810. The van der Waals surface area contributed by atoms with Crippen LogP contribution < -0.4 is 37.2 Å². The number of carboxylic acid groups (broad SMARTS) is 1. The van der Waals surface area contributed by atoms with E-state index in [1.807, 2.05) is 39.8 Å². The minimum Gasteiger partial charge on any atom is -0.481 e. The van der Waals surface area contributed by atoms with Crippen molar-refractivity contribution >= 4 is 70.0 Å². The summed E-state index contributed by atoms with van der Waals surface area (Å²) in [5, 5.41) is 56.2. The number of benzene rings is 1. The molecule has 1 aromatic heterocycles. The lowest BCUT2D eigenvalue weighted by Gasteiger charge is -2.28. The maximum Gasteiger partial charge on any atom is 0.305 e. The van der Waals surface area contributed by atoms with Crippen molar-refractivity contribution in [3.8, 4) is 0 Å². The average molecular weight is 936 g/mol. The maximum absolute atomic E-state index is 13.7. The van der Waals surface area contributed by atoms with Gasteiger partial charge in [0, 0.05) is 55.1 Å². The van der Waals surface area contributed by atoms with Crippen LogP contribution in [0.25, 0.3) is 0 Å². The number of hydrogen-bond acceptors (Lipinski definition) is 13. The highest BCUT2D eigenvalue weighted by Gasteiger charge is 2.27. The molecule has 0 aliphatic heterocycles. The number of pyridine rings is 1. The van der Waals surface area contributed by atoms with Crippen LogP contribution in [0, 0.1) is 5.92 Å². The molecule has 356 valence electrons. The van der Waals surface area contributed by atoms with E-state index in [2.05, 4.69) is 52.5 Å². The Morgan fingerprint density at radius 1 is 0.719 bits per heavy atom. The van der Waals surface area contributed by atoms with E-state index in [0.29, 0.717) is 68.2 Å². The maximum atomic E-state index is 13.7. The Hall–Kier alpha value is -5.04. The van der Waals surface area contributed by atoms with E-state index in [1.165, 1.54) is 18.2 Å². The molecule has 2 aromatic rings. The second-order valence-electron chi connectivity index (χ2n) is 16.8. The number of anilines is 1. The topological polar surface area (TPSA) is 268 Å². The van der Waals surface area contributed by atoms with Crippen molar-refractivity contribution in [3.63, 3.8) is 0 Å². The number of carbonyl (C=O) groups excluding carboxylic acids is 4. The lowest BCUT2D eigenvalue weighted by atomic mass is 9.94. The van der Waals surface area contributed by atoms with Crippen molar-refractivity contribution in [2.24, 2.45) is 16.2 Å². The van der Waals surface area contributed by atoms with Crippen molar-refractivity contribution in [1.82, 2.24) is 36.9 Å². The summed E-state index contributed by atoms with van der Waals surface area (Å²) >= 11 is 12.3. The first-order chi connectivity index (χ1) is 30.3. The van der Waals surface area contributed by atoms with Gasteiger partial charge in [-0.3, -0.25) is 24.0 Å². The number of carboxylic acids is 1. The Balaban J connectivity index is 1.97. The molecule has 0 fully saturated rings. The summed E-state index contributed by atoms with van der Waals surface area (Å²) in [7, 11) is 0. The molecular weight excluding hydrogens is 867 g/mol. The van der Waals surface area contributed by atoms with E-state index in [9.17, 15) is 39.5 Å². The van der Waals surface area contributed by atoms with Gasteiger partial charge in [0.1, 0.15) is 11.9 Å². The van der Waals surface area contributed by atoms with Crippen LogP contribution in [0.15, 0.2) is 52.9 Å². The largest absolute Gasteiger partial charge is 0.481 e. The molecular formula is C44H68Cl2N10O8. The highest BCUT2D eigenvalue weighted by molar-refractivity contribution is 6.34. The molecule has 64 heavy (non-hydrogen) atoms. The number of aromatic nitrogens is 1. The van der Waals surface area contributed by atoms with Gasteiger partial charge in [0.05, 0.1) is 35.0 Å². The van der Waals surface area contributed by atoms with Gasteiger partial charge in [-0.2, -0.15) is 0 Å². The summed E-state index contributed by atoms with van der Waals surface area (Å²) in [5.74, 6) is -2.12. The number of amides is 4. The van der Waals surface area contributed by atoms with Gasteiger partial charge in [0.15, 0.2) is 0 Å². The summed E-state index contributed by atoms with van der Waals surface area (Å²) in [5.41, 5.74) is 0.441. The zero-order valence-corrected chi connectivity index (χ0v) is 39.4. The van der Waals surface area contributed by atoms with Gasteiger partial charge in [0.25, 0.3) is 0 Å². The standard InChI is InChI=1S/C44H68Cl2N10O8/c1-29(55-63)43(3,4)51-22-17-31(18-23-52-44(5,6)30(2)56-64)16-21-49-38(57)14-11-15-39(58)50-28-36(53-40(59)13-8-10-20-48-37-12-7-9-19-47-37)42(62)54-35(27-41(60)61)32-24-33(45)26-34(46)25-32/h7,9,12,19,24-26,31,35-36,51-52,63-64H,8,10-11,13-18,20-23,27-28H2,1-6H3,(H,47,48)(H,49,57)(H,50,58)(H,53,59)(H,54,62)(H,60,61)/b55-29-,56-30-/t35?,36-/m0/s1. The molecule has 2 rings (SSSR count). The van der Waals surface area contributed by atoms with Crippen LogP contribution in [0.2, 0.25) is 10.0 Å². The van der Waals surface area contributed by atoms with Crippen LogP contribution in [-0.4, -0.2) is 111 Å². The molecule has 4 amide bonds. The second kappa shape index (κ2) is 28.7. The van der Waals surface area contributed by atoms with Gasteiger partial charge in [-0.25, -0.2) is 4.98 Å². The first-order valence-corrected chi connectivity index (χ1v) is 22.4. The van der Waals surface area contributed by atoms with E-state index < -0.39 is 53.3 Å². The number of aliphatic carboxylic acids is 1. The predicted octanol–water partition coefficient (Wildman–Crippen LogP) is 5.41. The van der Waals surface area contributed by atoms with Gasteiger partial charge in [-0.05, 0) is 135 Å². The van der Waals surface area contributed by atoms with Crippen LogP contribution in [0.4, 0.5) is 5.82 Å². The number of hydrogen-bond donors (Lipinski definition) is 10. The van der Waals surface area contributed by atoms with Crippen LogP contribution in [0.3, 0.4) is 0 Å². The monoisotopic (exact) mass is 934 g/mol. The minimum absolute atomic E-state index is 0.0275. The SMILES string of the molecule is C/C(=N/O)C(C)(C)NCCC(CCNC(=O)CCCC(=O)NC[C@H](NC(=O)CCCCNc1ccccn1)C(=O)NC(CC(=O)O)c1cc(Cl)cc(Cl)c1)CCNC(C)(C)/C(C)=N\O. The van der Waals surface area contributed by atoms with E-state index in [0.717, 1.165) is 12.8 Å². The van der Waals surface area contributed by atoms with E-state index in [4.69, 9.17) is 23.2 Å². The van der Waals surface area contributed by atoms with Crippen LogP contribution in [-0.2, 0) is 24.0 Å². The molecule has 2 atom stereocenters. The Labute approximate surface area is 386 Å². The van der Waals surface area contributed by atoms with Crippen LogP contribution in [0.5, 0.6) is 0 Å². The molecule has 0 aliphatic carbocycles. The van der Waals surface area contributed by atoms with Crippen LogP contribution in [0.1, 0.15) is 117 Å². The molecule has 0 spiro atoms. The smallest absolute Gasteiger partial charge is 0.305 e. The summed E-state index contributed by atoms with van der Waals surface area (Å²) in [4.78, 5) is 68.5. The van der Waals surface area contributed by atoms with Crippen molar-refractivity contribution in [2.45, 2.75) is 129 Å². The van der Waals surface area contributed by atoms with E-state index >= 15 is 0 Å². The third kappa shape index (κ3) is 22.0. The summed E-state index contributed by atoms with van der Waals surface area (Å²) < 4.78 is 0. The molecule has 0 bridgehead atoms.